The number of aromatic amines is 1. The number of nitrogens with one attached hydrogen (secondary N) is 1. The number of H-pyrrole nitrogens is 1. The van der Waals surface area contributed by atoms with Crippen LogP contribution < -0.4 is 0 Å². The summed E-state index contributed by atoms with van der Waals surface area (Å²) in [5.41, 5.74) is 0. The van der Waals surface area contributed by atoms with E-state index in [1.54, 1.807) is 7.11 Å². The first-order chi connectivity index (χ1) is 6.61. The van der Waals surface area contributed by atoms with Gasteiger partial charge in [-0.15, -0.1) is 9.79 Å². The Balaban J connectivity index is 0.000000364. The molecule has 80 valence electrons. The van der Waals surface area contributed by atoms with Gasteiger partial charge in [0.15, 0.2) is 5.82 Å². The zero-order chi connectivity index (χ0) is 11.0. The summed E-state index contributed by atoms with van der Waals surface area (Å²) in [7, 11) is -1.21. The zero-order valence-electron chi connectivity index (χ0n) is 7.91. The van der Waals surface area contributed by atoms with Crippen LogP contribution in [0.5, 0.6) is 0 Å². The van der Waals surface area contributed by atoms with Crippen LogP contribution >= 0.6 is 8.25 Å². The Morgan fingerprint density at radius 2 is 2.29 bits per heavy atom. The molecule has 0 saturated carbocycles. The van der Waals surface area contributed by atoms with Gasteiger partial charge in [-0.25, -0.2) is 4.98 Å². The highest BCUT2D eigenvalue weighted by Gasteiger charge is 2.09. The molecule has 1 heterocycles. The molecular formula is C6H13N3O4P+. The van der Waals surface area contributed by atoms with Crippen molar-refractivity contribution in [2.24, 2.45) is 0 Å². The molecule has 0 saturated heterocycles. The van der Waals surface area contributed by atoms with E-state index in [-0.39, 0.29) is 6.10 Å². The molecule has 3 N–H and O–H groups in total. The molecule has 0 aliphatic carbocycles. The molecule has 0 aliphatic rings. The third kappa shape index (κ3) is 5.71. The largest absolute Gasteiger partial charge is 0.692 e. The number of ether oxygens (including phenoxy) is 1. The van der Waals surface area contributed by atoms with Gasteiger partial charge >= 0.3 is 8.25 Å². The molecule has 1 aromatic rings. The molecule has 0 bridgehead atoms. The van der Waals surface area contributed by atoms with Crippen molar-refractivity contribution in [3.8, 4) is 0 Å². The van der Waals surface area contributed by atoms with Crippen molar-refractivity contribution in [2.45, 2.75) is 19.4 Å². The van der Waals surface area contributed by atoms with Gasteiger partial charge in [-0.05, 0) is 6.42 Å². The normalized spacial score (nSPS) is 11.4. The zero-order valence-corrected chi connectivity index (χ0v) is 8.81. The van der Waals surface area contributed by atoms with Crippen molar-refractivity contribution in [3.05, 3.63) is 12.2 Å². The standard InChI is InChI=1S/C6H11N3O.HO3P/c1-3-5(10-2)6-7-4-8-9-6;1-4(2)3/h4-5H,3H2,1-2H3,(H,7,8,9);(H-,1,2,3)/p+1. The first-order valence-corrected chi connectivity index (χ1v) is 5.01. The highest BCUT2D eigenvalue weighted by atomic mass is 31.1. The quantitative estimate of drug-likeness (QED) is 0.643. The minimum absolute atomic E-state index is 0.0579. The maximum atomic E-state index is 8.70. The van der Waals surface area contributed by atoms with Crippen molar-refractivity contribution < 1.29 is 19.1 Å². The van der Waals surface area contributed by atoms with Gasteiger partial charge in [-0.1, -0.05) is 6.92 Å². The lowest BCUT2D eigenvalue weighted by molar-refractivity contribution is 0.0929. The molecule has 1 atom stereocenters. The molecule has 0 fully saturated rings. The smallest absolute Gasteiger partial charge is 0.373 e. The van der Waals surface area contributed by atoms with Crippen molar-refractivity contribution >= 4 is 8.25 Å². The summed E-state index contributed by atoms with van der Waals surface area (Å²) in [6, 6.07) is 0. The fraction of sp³-hybridized carbons (Fsp3) is 0.667. The molecule has 0 spiro atoms. The molecule has 1 aromatic heterocycles. The fourth-order valence-corrected chi connectivity index (χ4v) is 0.842. The van der Waals surface area contributed by atoms with E-state index >= 15 is 0 Å². The van der Waals surface area contributed by atoms with E-state index in [1.165, 1.54) is 6.33 Å². The Hall–Kier alpha value is -0.880. The molecule has 0 aromatic carbocycles. The van der Waals surface area contributed by atoms with E-state index in [9.17, 15) is 0 Å². The topological polar surface area (TPSA) is 108 Å². The van der Waals surface area contributed by atoms with Crippen molar-refractivity contribution in [3.63, 3.8) is 0 Å². The average Bonchev–Trinajstić information content (AvgIpc) is 2.58. The van der Waals surface area contributed by atoms with Gasteiger partial charge in [0, 0.05) is 11.7 Å². The van der Waals surface area contributed by atoms with E-state index in [4.69, 9.17) is 19.1 Å². The van der Waals surface area contributed by atoms with E-state index in [1.807, 2.05) is 6.92 Å². The van der Waals surface area contributed by atoms with Crippen LogP contribution in [0.2, 0.25) is 0 Å². The third-order valence-corrected chi connectivity index (χ3v) is 1.39. The van der Waals surface area contributed by atoms with E-state index in [2.05, 4.69) is 15.2 Å². The number of hydrogen-bond donors (Lipinski definition) is 3. The third-order valence-electron chi connectivity index (χ3n) is 1.39. The number of methoxy groups -OCH3 is 1. The van der Waals surface area contributed by atoms with Crippen LogP contribution in [0.25, 0.3) is 0 Å². The minimum atomic E-state index is -2.87. The van der Waals surface area contributed by atoms with E-state index in [0.717, 1.165) is 12.2 Å². The van der Waals surface area contributed by atoms with E-state index in [0.29, 0.717) is 0 Å². The summed E-state index contributed by atoms with van der Waals surface area (Å²) in [6.07, 6.45) is 2.45. The lowest BCUT2D eigenvalue weighted by Gasteiger charge is -2.07. The second-order valence-corrected chi connectivity index (χ2v) is 2.76. The van der Waals surface area contributed by atoms with Gasteiger partial charge in [0.1, 0.15) is 12.4 Å². The maximum Gasteiger partial charge on any atom is 0.692 e. The van der Waals surface area contributed by atoms with E-state index < -0.39 is 8.25 Å². The molecule has 0 radical (unpaired) electrons. The molecule has 0 aliphatic heterocycles. The summed E-state index contributed by atoms with van der Waals surface area (Å²) >= 11 is 0. The fourth-order valence-electron chi connectivity index (χ4n) is 0.842. The second kappa shape index (κ2) is 7.52. The number of nitrogens with zero attached hydrogens (tertiary/aromatic N) is 2. The summed E-state index contributed by atoms with van der Waals surface area (Å²) in [4.78, 5) is 18.2. The van der Waals surface area contributed by atoms with Gasteiger partial charge < -0.3 is 4.74 Å². The Labute approximate surface area is 82.1 Å². The summed E-state index contributed by atoms with van der Waals surface area (Å²) in [6.45, 7) is 2.04. The van der Waals surface area contributed by atoms with Crippen LogP contribution in [-0.4, -0.2) is 32.1 Å². The van der Waals surface area contributed by atoms with Crippen molar-refractivity contribution in [1.82, 2.24) is 15.2 Å². The summed E-state index contributed by atoms with van der Waals surface area (Å²) in [5.74, 6) is 0.796. The molecule has 14 heavy (non-hydrogen) atoms. The Kier molecular flexibility index (Phi) is 7.04. The van der Waals surface area contributed by atoms with Crippen LogP contribution in [0.15, 0.2) is 6.33 Å². The Morgan fingerprint density at radius 1 is 1.71 bits per heavy atom. The molecule has 1 rings (SSSR count). The summed E-state index contributed by atoms with van der Waals surface area (Å²) < 4.78 is 13.8. The SMILES string of the molecule is CCC(OC)c1ncn[nH]1.O=[P+](O)O. The van der Waals surface area contributed by atoms with Gasteiger partial charge in [0.25, 0.3) is 0 Å². The second-order valence-electron chi connectivity index (χ2n) is 2.26. The lowest BCUT2D eigenvalue weighted by atomic mass is 10.3. The predicted molar refractivity (Wildman–Crippen MR) is 48.5 cm³/mol. The number of hydrogen-bond acceptors (Lipinski definition) is 4. The molecular weight excluding hydrogens is 209 g/mol. The van der Waals surface area contributed by atoms with Crippen molar-refractivity contribution in [2.75, 3.05) is 7.11 Å². The molecule has 8 heteroatoms. The maximum absolute atomic E-state index is 8.70. The van der Waals surface area contributed by atoms with Gasteiger partial charge in [-0.3, -0.25) is 5.10 Å². The molecule has 7 nitrogen and oxygen atoms in total. The molecule has 0 amide bonds. The summed E-state index contributed by atoms with van der Waals surface area (Å²) in [5, 5.41) is 6.48. The highest BCUT2D eigenvalue weighted by molar-refractivity contribution is 7.30. The Morgan fingerprint density at radius 3 is 2.57 bits per heavy atom. The van der Waals surface area contributed by atoms with Gasteiger partial charge in [0.05, 0.1) is 0 Å². The van der Waals surface area contributed by atoms with Crippen LogP contribution in [0.1, 0.15) is 25.3 Å². The lowest BCUT2D eigenvalue weighted by Crippen LogP contribution is -2.01. The van der Waals surface area contributed by atoms with Crippen LogP contribution in [0, 0.1) is 0 Å². The average molecular weight is 222 g/mol. The predicted octanol–water partition coefficient (Wildman–Crippen LogP) is 0.531. The monoisotopic (exact) mass is 222 g/mol. The van der Waals surface area contributed by atoms with Crippen LogP contribution in [-0.2, 0) is 9.30 Å². The van der Waals surface area contributed by atoms with Gasteiger partial charge in [-0.2, -0.15) is 5.10 Å². The van der Waals surface area contributed by atoms with Crippen molar-refractivity contribution in [1.29, 1.82) is 0 Å². The highest BCUT2D eigenvalue weighted by Crippen LogP contribution is 2.13. The Bertz CT molecular complexity index is 246. The number of aromatic nitrogens is 3. The first kappa shape index (κ1) is 13.1. The number of rotatable bonds is 3. The van der Waals surface area contributed by atoms with Crippen LogP contribution in [0.3, 0.4) is 0 Å². The van der Waals surface area contributed by atoms with Gasteiger partial charge in [0.2, 0.25) is 0 Å². The minimum Gasteiger partial charge on any atom is -0.373 e. The molecule has 1 unspecified atom stereocenters. The first-order valence-electron chi connectivity index (χ1n) is 3.84. The van der Waals surface area contributed by atoms with Crippen LogP contribution in [0.4, 0.5) is 0 Å².